The van der Waals surface area contributed by atoms with Crippen molar-refractivity contribution in [2.24, 2.45) is 4.99 Å². The Morgan fingerprint density at radius 3 is 3.00 bits per heavy atom. The number of hydrogen-bond acceptors (Lipinski definition) is 2. The number of nitrogens with zero attached hydrogens (tertiary/aromatic N) is 1. The number of ketones is 1. The molecule has 2 heteroatoms. The third-order valence-corrected chi connectivity index (χ3v) is 1.31. The zero-order valence-electron chi connectivity index (χ0n) is 6.59. The summed E-state index contributed by atoms with van der Waals surface area (Å²) in [7, 11) is 0. The molecule has 0 unspecified atom stereocenters. The number of aliphatic imine (C=N–C) groups is 1. The summed E-state index contributed by atoms with van der Waals surface area (Å²) < 4.78 is 0. The fraction of sp³-hybridized carbons (Fsp3) is 0.222. The zero-order valence-corrected chi connectivity index (χ0v) is 6.59. The van der Waals surface area contributed by atoms with Gasteiger partial charge in [-0.15, -0.1) is 5.73 Å². The first-order valence-electron chi connectivity index (χ1n) is 3.39. The molecule has 0 aromatic carbocycles. The largest absolute Gasteiger partial charge is 0.293 e. The first-order valence-corrected chi connectivity index (χ1v) is 3.39. The van der Waals surface area contributed by atoms with Crippen LogP contribution in [0.3, 0.4) is 0 Å². The molecule has 2 nitrogen and oxygen atoms in total. The molecule has 1 aliphatic heterocycles. The molecule has 0 saturated heterocycles. The van der Waals surface area contributed by atoms with Gasteiger partial charge in [-0.2, -0.15) is 0 Å². The Kier molecular flexibility index (Phi) is 2.19. The molecule has 0 saturated carbocycles. The second-order valence-corrected chi connectivity index (χ2v) is 2.36. The van der Waals surface area contributed by atoms with Gasteiger partial charge in [-0.1, -0.05) is 0 Å². The molecule has 0 spiro atoms. The van der Waals surface area contributed by atoms with E-state index in [0.717, 1.165) is 5.57 Å². The van der Waals surface area contributed by atoms with Crippen LogP contribution in [0, 0.1) is 0 Å². The lowest BCUT2D eigenvalue weighted by molar-refractivity contribution is -0.113. The van der Waals surface area contributed by atoms with Crippen molar-refractivity contribution in [3.05, 3.63) is 29.2 Å². The predicted octanol–water partition coefficient (Wildman–Crippen LogP) is 1.65. The molecular weight excluding hydrogens is 138 g/mol. The van der Waals surface area contributed by atoms with Crippen LogP contribution in [0.4, 0.5) is 0 Å². The molecule has 0 amide bonds. The minimum atomic E-state index is -0.0160. The highest BCUT2D eigenvalue weighted by Gasteiger charge is 2.00. The highest BCUT2D eigenvalue weighted by atomic mass is 16.1. The Hall–Kier alpha value is -1.40. The highest BCUT2D eigenvalue weighted by Crippen LogP contribution is 2.05. The Morgan fingerprint density at radius 2 is 2.36 bits per heavy atom. The summed E-state index contributed by atoms with van der Waals surface area (Å²) >= 11 is 0. The van der Waals surface area contributed by atoms with Crippen LogP contribution in [-0.4, -0.2) is 12.0 Å². The lowest BCUT2D eigenvalue weighted by Gasteiger charge is -1.91. The summed E-state index contributed by atoms with van der Waals surface area (Å²) in [5.41, 5.74) is 4.36. The van der Waals surface area contributed by atoms with E-state index >= 15 is 0 Å². The van der Waals surface area contributed by atoms with Gasteiger partial charge in [-0.3, -0.25) is 9.79 Å². The van der Waals surface area contributed by atoms with Crippen molar-refractivity contribution < 1.29 is 4.79 Å². The van der Waals surface area contributed by atoms with Gasteiger partial charge in [0.15, 0.2) is 5.78 Å². The molecule has 0 bridgehead atoms. The maximum Gasteiger partial charge on any atom is 0.178 e. The van der Waals surface area contributed by atoms with Gasteiger partial charge < -0.3 is 0 Å². The molecule has 0 radical (unpaired) electrons. The van der Waals surface area contributed by atoms with E-state index in [1.165, 1.54) is 6.92 Å². The first kappa shape index (κ1) is 7.70. The van der Waals surface area contributed by atoms with Gasteiger partial charge in [0.25, 0.3) is 0 Å². The number of allylic oxidation sites excluding steroid dienone is 3. The summed E-state index contributed by atoms with van der Waals surface area (Å²) in [6.07, 6.45) is 4.99. The summed E-state index contributed by atoms with van der Waals surface area (Å²) in [5.74, 6) is -0.0160. The number of carbonyl (C=O) groups excluding carboxylic acids is 1. The SMILES string of the molecule is CC(=O)C1=CC(C)=C=CC=N1. The normalized spacial score (nSPS) is 15.5. The second kappa shape index (κ2) is 3.13. The number of carbonyl (C=O) groups is 1. The summed E-state index contributed by atoms with van der Waals surface area (Å²) in [4.78, 5) is 14.8. The Balaban J connectivity index is 3.03. The molecule has 56 valence electrons. The first-order chi connectivity index (χ1) is 5.20. The topological polar surface area (TPSA) is 29.4 Å². The number of rotatable bonds is 1. The van der Waals surface area contributed by atoms with Crippen LogP contribution in [0.5, 0.6) is 0 Å². The van der Waals surface area contributed by atoms with Crippen molar-refractivity contribution >= 4 is 12.0 Å². The van der Waals surface area contributed by atoms with Crippen LogP contribution in [0.2, 0.25) is 0 Å². The average Bonchev–Trinajstić information content (AvgIpc) is 2.13. The number of Topliss-reactive ketones (excluding diaryl/α,β-unsaturated/α-hetero) is 1. The van der Waals surface area contributed by atoms with Crippen LogP contribution in [0.15, 0.2) is 34.1 Å². The van der Waals surface area contributed by atoms with Gasteiger partial charge in [0.1, 0.15) is 5.70 Å². The Bertz CT molecular complexity index is 302. The van der Waals surface area contributed by atoms with Crippen molar-refractivity contribution in [3.63, 3.8) is 0 Å². The predicted molar refractivity (Wildman–Crippen MR) is 44.5 cm³/mol. The van der Waals surface area contributed by atoms with Gasteiger partial charge >= 0.3 is 0 Å². The van der Waals surface area contributed by atoms with Gasteiger partial charge in [-0.05, 0) is 24.6 Å². The molecule has 0 aliphatic carbocycles. The quantitative estimate of drug-likeness (QED) is 0.518. The molecule has 0 N–H and O–H groups in total. The summed E-state index contributed by atoms with van der Waals surface area (Å²) in [5, 5.41) is 0. The standard InChI is InChI=1S/C9H9NO/c1-7-4-3-5-10-9(6-7)8(2)11/h3,5-6H,1-2H3. The van der Waals surface area contributed by atoms with E-state index in [9.17, 15) is 4.79 Å². The van der Waals surface area contributed by atoms with E-state index in [1.807, 2.05) is 6.92 Å². The average molecular weight is 147 g/mol. The molecule has 1 aliphatic rings. The van der Waals surface area contributed by atoms with Crippen LogP contribution in [0.25, 0.3) is 0 Å². The van der Waals surface area contributed by atoms with E-state index in [1.54, 1.807) is 18.4 Å². The second-order valence-electron chi connectivity index (χ2n) is 2.36. The zero-order chi connectivity index (χ0) is 8.27. The van der Waals surface area contributed by atoms with Crippen molar-refractivity contribution in [3.8, 4) is 0 Å². The summed E-state index contributed by atoms with van der Waals surface area (Å²) in [6.45, 7) is 3.38. The van der Waals surface area contributed by atoms with E-state index in [4.69, 9.17) is 0 Å². The van der Waals surface area contributed by atoms with Gasteiger partial charge in [0, 0.05) is 13.1 Å². The fourth-order valence-corrected chi connectivity index (χ4v) is 0.763. The minimum absolute atomic E-state index is 0.0160. The van der Waals surface area contributed by atoms with E-state index in [2.05, 4.69) is 10.7 Å². The molecule has 0 fully saturated rings. The smallest absolute Gasteiger partial charge is 0.178 e. The van der Waals surface area contributed by atoms with Crippen molar-refractivity contribution in [1.29, 1.82) is 0 Å². The molecule has 1 rings (SSSR count). The highest BCUT2D eigenvalue weighted by molar-refractivity contribution is 5.95. The Morgan fingerprint density at radius 1 is 1.64 bits per heavy atom. The van der Waals surface area contributed by atoms with Crippen molar-refractivity contribution in [1.82, 2.24) is 0 Å². The minimum Gasteiger partial charge on any atom is -0.293 e. The Labute approximate surface area is 65.6 Å². The third kappa shape index (κ3) is 2.03. The third-order valence-electron chi connectivity index (χ3n) is 1.31. The molecule has 11 heavy (non-hydrogen) atoms. The van der Waals surface area contributed by atoms with Crippen molar-refractivity contribution in [2.45, 2.75) is 13.8 Å². The van der Waals surface area contributed by atoms with Gasteiger partial charge in [0.2, 0.25) is 0 Å². The summed E-state index contributed by atoms with van der Waals surface area (Å²) in [6, 6.07) is 0. The molecular formula is C9H9NO. The van der Waals surface area contributed by atoms with Crippen molar-refractivity contribution in [2.75, 3.05) is 0 Å². The maximum absolute atomic E-state index is 10.9. The lowest BCUT2D eigenvalue weighted by Crippen LogP contribution is -1.92. The fourth-order valence-electron chi connectivity index (χ4n) is 0.763. The van der Waals surface area contributed by atoms with E-state index < -0.39 is 0 Å². The van der Waals surface area contributed by atoms with Crippen LogP contribution in [0.1, 0.15) is 13.8 Å². The monoisotopic (exact) mass is 147 g/mol. The molecule has 0 aromatic heterocycles. The number of hydrogen-bond donors (Lipinski definition) is 0. The maximum atomic E-state index is 10.9. The van der Waals surface area contributed by atoms with Gasteiger partial charge in [0.05, 0.1) is 0 Å². The van der Waals surface area contributed by atoms with Crippen LogP contribution < -0.4 is 0 Å². The lowest BCUT2D eigenvalue weighted by atomic mass is 10.2. The van der Waals surface area contributed by atoms with E-state index in [-0.39, 0.29) is 5.78 Å². The van der Waals surface area contributed by atoms with Crippen LogP contribution >= 0.6 is 0 Å². The van der Waals surface area contributed by atoms with Gasteiger partial charge in [-0.25, -0.2) is 0 Å². The van der Waals surface area contributed by atoms with E-state index in [0.29, 0.717) is 5.70 Å². The molecule has 0 aromatic rings. The van der Waals surface area contributed by atoms with Crippen LogP contribution in [-0.2, 0) is 4.79 Å². The molecule has 0 atom stereocenters. The molecule has 1 heterocycles.